The molecule has 5 nitrogen and oxygen atoms in total. The van der Waals surface area contributed by atoms with E-state index in [0.717, 1.165) is 11.1 Å². The molecule has 20 heavy (non-hydrogen) atoms. The molecule has 1 rings (SSSR count). The Bertz CT molecular complexity index is 502. The predicted molar refractivity (Wildman–Crippen MR) is 75.4 cm³/mol. The Morgan fingerprint density at radius 2 is 1.65 bits per heavy atom. The summed E-state index contributed by atoms with van der Waals surface area (Å²) in [6.45, 7) is 4.93. The Morgan fingerprint density at radius 1 is 1.05 bits per heavy atom. The second kappa shape index (κ2) is 7.43. The van der Waals surface area contributed by atoms with Crippen molar-refractivity contribution >= 4 is 23.3 Å². The summed E-state index contributed by atoms with van der Waals surface area (Å²) in [4.78, 5) is 33.6. The van der Waals surface area contributed by atoms with E-state index in [9.17, 15) is 14.4 Å². The summed E-state index contributed by atoms with van der Waals surface area (Å²) in [5.41, 5.74) is 2.75. The first-order chi connectivity index (χ1) is 9.36. The molecule has 0 aliphatic rings. The van der Waals surface area contributed by atoms with Crippen molar-refractivity contribution in [1.29, 1.82) is 0 Å². The summed E-state index contributed by atoms with van der Waals surface area (Å²) >= 11 is 0. The number of amides is 1. The van der Waals surface area contributed by atoms with Gasteiger partial charge in [-0.1, -0.05) is 6.07 Å². The fourth-order valence-corrected chi connectivity index (χ4v) is 1.74. The van der Waals surface area contributed by atoms with Crippen LogP contribution >= 0.6 is 0 Å². The van der Waals surface area contributed by atoms with Gasteiger partial charge >= 0.3 is 5.97 Å². The minimum absolute atomic E-state index is 0.00612. The molecule has 0 aromatic heterocycles. The first-order valence-electron chi connectivity index (χ1n) is 6.40. The third kappa shape index (κ3) is 6.13. The topological polar surface area (TPSA) is 72.5 Å². The van der Waals surface area contributed by atoms with Crippen molar-refractivity contribution in [3.05, 3.63) is 29.3 Å². The van der Waals surface area contributed by atoms with Gasteiger partial charge in [0.2, 0.25) is 0 Å². The molecule has 1 N–H and O–H groups in total. The zero-order valence-electron chi connectivity index (χ0n) is 12.0. The number of esters is 1. The van der Waals surface area contributed by atoms with Gasteiger partial charge in [0.1, 0.15) is 5.78 Å². The van der Waals surface area contributed by atoms with Crippen LogP contribution in [-0.2, 0) is 19.1 Å². The number of nitrogens with one attached hydrogen (secondary N) is 1. The number of hydrogen-bond donors (Lipinski definition) is 1. The molecular weight excluding hydrogens is 258 g/mol. The third-order valence-corrected chi connectivity index (χ3v) is 2.55. The number of carbonyl (C=O) groups excluding carboxylic acids is 3. The number of aryl methyl sites for hydroxylation is 2. The van der Waals surface area contributed by atoms with Crippen molar-refractivity contribution in [2.45, 2.75) is 33.6 Å². The van der Waals surface area contributed by atoms with Gasteiger partial charge in [-0.3, -0.25) is 9.59 Å². The van der Waals surface area contributed by atoms with Crippen LogP contribution in [0.25, 0.3) is 0 Å². The van der Waals surface area contributed by atoms with Gasteiger partial charge < -0.3 is 14.8 Å². The summed E-state index contributed by atoms with van der Waals surface area (Å²) in [5, 5.41) is 2.66. The number of benzene rings is 1. The van der Waals surface area contributed by atoms with Gasteiger partial charge in [0.05, 0.1) is 6.42 Å². The first kappa shape index (κ1) is 15.9. The number of rotatable bonds is 6. The van der Waals surface area contributed by atoms with Crippen molar-refractivity contribution in [3.8, 4) is 0 Å². The Balaban J connectivity index is 2.40. The first-order valence-corrected chi connectivity index (χ1v) is 6.40. The maximum absolute atomic E-state index is 11.6. The molecule has 0 atom stereocenters. The van der Waals surface area contributed by atoms with E-state index in [2.05, 4.69) is 5.32 Å². The molecule has 0 bridgehead atoms. The van der Waals surface area contributed by atoms with Crippen LogP contribution in [0.3, 0.4) is 0 Å². The Hall–Kier alpha value is -2.17. The van der Waals surface area contributed by atoms with E-state index in [1.54, 1.807) is 0 Å². The highest BCUT2D eigenvalue weighted by Crippen LogP contribution is 2.13. The summed E-state index contributed by atoms with van der Waals surface area (Å²) < 4.78 is 4.78. The summed E-state index contributed by atoms with van der Waals surface area (Å²) in [5.74, 6) is -1.02. The Morgan fingerprint density at radius 3 is 2.20 bits per heavy atom. The summed E-state index contributed by atoms with van der Waals surface area (Å²) in [6.07, 6.45) is 0.143. The van der Waals surface area contributed by atoms with Crippen LogP contribution in [0.4, 0.5) is 5.69 Å². The smallest absolute Gasteiger partial charge is 0.306 e. The van der Waals surface area contributed by atoms with Crippen molar-refractivity contribution in [2.24, 2.45) is 0 Å². The molecule has 1 amide bonds. The van der Waals surface area contributed by atoms with E-state index in [1.807, 2.05) is 32.0 Å². The highest BCUT2D eigenvalue weighted by atomic mass is 16.5. The number of carbonyl (C=O) groups is 3. The average Bonchev–Trinajstić information content (AvgIpc) is 2.32. The van der Waals surface area contributed by atoms with E-state index in [0.29, 0.717) is 5.69 Å². The number of ketones is 1. The lowest BCUT2D eigenvalue weighted by Gasteiger charge is -2.08. The lowest BCUT2D eigenvalue weighted by atomic mass is 10.1. The number of hydrogen-bond acceptors (Lipinski definition) is 4. The molecule has 0 radical (unpaired) electrons. The Labute approximate surface area is 118 Å². The van der Waals surface area contributed by atoms with Gasteiger partial charge in [-0.15, -0.1) is 0 Å². The SMILES string of the molecule is CC(=O)CCC(=O)OCC(=O)Nc1cc(C)cc(C)c1. The molecule has 5 heteroatoms. The van der Waals surface area contributed by atoms with Crippen LogP contribution in [-0.4, -0.2) is 24.3 Å². The molecule has 1 aromatic carbocycles. The van der Waals surface area contributed by atoms with Gasteiger partial charge in [0.25, 0.3) is 5.91 Å². The molecule has 0 fully saturated rings. The van der Waals surface area contributed by atoms with E-state index < -0.39 is 11.9 Å². The predicted octanol–water partition coefficient (Wildman–Crippen LogP) is 2.15. The van der Waals surface area contributed by atoms with Crippen LogP contribution < -0.4 is 5.32 Å². The standard InChI is InChI=1S/C15H19NO4/c1-10-6-11(2)8-13(7-10)16-14(18)9-20-15(19)5-4-12(3)17/h6-8H,4-5,9H2,1-3H3,(H,16,18). The second-order valence-electron chi connectivity index (χ2n) is 4.79. The molecule has 0 saturated heterocycles. The van der Waals surface area contributed by atoms with Gasteiger partial charge in [0.15, 0.2) is 6.61 Å². The van der Waals surface area contributed by atoms with Crippen LogP contribution in [0.2, 0.25) is 0 Å². The van der Waals surface area contributed by atoms with E-state index in [-0.39, 0.29) is 25.2 Å². The second-order valence-corrected chi connectivity index (χ2v) is 4.79. The largest absolute Gasteiger partial charge is 0.456 e. The van der Waals surface area contributed by atoms with Crippen molar-refractivity contribution in [3.63, 3.8) is 0 Å². The van der Waals surface area contributed by atoms with Crippen molar-refractivity contribution in [1.82, 2.24) is 0 Å². The fourth-order valence-electron chi connectivity index (χ4n) is 1.74. The van der Waals surface area contributed by atoms with Crippen LogP contribution in [0.15, 0.2) is 18.2 Å². The van der Waals surface area contributed by atoms with Gasteiger partial charge in [-0.25, -0.2) is 0 Å². The maximum Gasteiger partial charge on any atom is 0.306 e. The van der Waals surface area contributed by atoms with Crippen molar-refractivity contribution in [2.75, 3.05) is 11.9 Å². The Kier molecular flexibility index (Phi) is 5.90. The molecule has 0 heterocycles. The van der Waals surface area contributed by atoms with Crippen LogP contribution in [0.1, 0.15) is 30.9 Å². The zero-order chi connectivity index (χ0) is 15.1. The maximum atomic E-state index is 11.6. The molecule has 0 saturated carbocycles. The fraction of sp³-hybridized carbons (Fsp3) is 0.400. The van der Waals surface area contributed by atoms with Crippen LogP contribution in [0.5, 0.6) is 0 Å². The number of ether oxygens (including phenoxy) is 1. The quantitative estimate of drug-likeness (QED) is 0.809. The van der Waals surface area contributed by atoms with Crippen molar-refractivity contribution < 1.29 is 19.1 Å². The molecule has 0 spiro atoms. The summed E-state index contributed by atoms with van der Waals surface area (Å²) in [7, 11) is 0. The minimum atomic E-state index is -0.546. The molecule has 0 aliphatic carbocycles. The molecule has 108 valence electrons. The molecule has 1 aromatic rings. The lowest BCUT2D eigenvalue weighted by Crippen LogP contribution is -2.21. The normalized spacial score (nSPS) is 9.95. The average molecular weight is 277 g/mol. The van der Waals surface area contributed by atoms with Gasteiger partial charge in [-0.2, -0.15) is 0 Å². The summed E-state index contributed by atoms with van der Waals surface area (Å²) in [6, 6.07) is 5.67. The highest BCUT2D eigenvalue weighted by molar-refractivity contribution is 5.93. The van der Waals surface area contributed by atoms with Gasteiger partial charge in [0, 0.05) is 12.1 Å². The number of anilines is 1. The molecular formula is C15H19NO4. The van der Waals surface area contributed by atoms with Crippen LogP contribution in [0, 0.1) is 13.8 Å². The minimum Gasteiger partial charge on any atom is -0.456 e. The van der Waals surface area contributed by atoms with Gasteiger partial charge in [-0.05, 0) is 44.0 Å². The highest BCUT2D eigenvalue weighted by Gasteiger charge is 2.09. The van der Waals surface area contributed by atoms with E-state index >= 15 is 0 Å². The van der Waals surface area contributed by atoms with E-state index in [1.165, 1.54) is 6.92 Å². The van der Waals surface area contributed by atoms with E-state index in [4.69, 9.17) is 4.74 Å². The monoisotopic (exact) mass is 277 g/mol. The molecule has 0 unspecified atom stereocenters. The zero-order valence-corrected chi connectivity index (χ0v) is 12.0. The molecule has 0 aliphatic heterocycles. The lowest BCUT2D eigenvalue weighted by molar-refractivity contribution is -0.148. The third-order valence-electron chi connectivity index (χ3n) is 2.55. The number of Topliss-reactive ketones (excluding diaryl/α,β-unsaturated/α-hetero) is 1.